The number of anilines is 2. The third-order valence-electron chi connectivity index (χ3n) is 3.77. The number of hydrogen-bond donors (Lipinski definition) is 2. The van der Waals surface area contributed by atoms with Gasteiger partial charge in [0.05, 0.1) is 16.3 Å². The summed E-state index contributed by atoms with van der Waals surface area (Å²) in [7, 11) is -2.04. The van der Waals surface area contributed by atoms with Gasteiger partial charge in [0.2, 0.25) is 10.0 Å². The molecular weight excluding hydrogens is 286 g/mol. The number of benzene rings is 1. The zero-order chi connectivity index (χ0) is 16.0. The first-order valence-corrected chi connectivity index (χ1v) is 8.95. The van der Waals surface area contributed by atoms with Crippen LogP contribution in [0.3, 0.4) is 0 Å². The number of hydrogen-bond acceptors (Lipinski definition) is 4. The van der Waals surface area contributed by atoms with Gasteiger partial charge in [0, 0.05) is 12.6 Å². The summed E-state index contributed by atoms with van der Waals surface area (Å²) in [6.45, 7) is 7.27. The van der Waals surface area contributed by atoms with E-state index in [0.29, 0.717) is 11.7 Å². The summed E-state index contributed by atoms with van der Waals surface area (Å²) in [6, 6.07) is 5.19. The second-order valence-corrected chi connectivity index (χ2v) is 7.12. The Morgan fingerprint density at radius 3 is 2.52 bits per heavy atom. The summed E-state index contributed by atoms with van der Waals surface area (Å²) in [5.41, 5.74) is 7.49. The van der Waals surface area contributed by atoms with Gasteiger partial charge in [-0.05, 0) is 45.0 Å². The SMILES string of the molecule is CCCCN(c1cc(S(=O)(=O)NC)ccc1N)C(C)CC. The van der Waals surface area contributed by atoms with Crippen molar-refractivity contribution in [2.75, 3.05) is 24.2 Å². The Morgan fingerprint density at radius 1 is 1.33 bits per heavy atom. The lowest BCUT2D eigenvalue weighted by Crippen LogP contribution is -2.34. The van der Waals surface area contributed by atoms with Gasteiger partial charge < -0.3 is 10.6 Å². The summed E-state index contributed by atoms with van der Waals surface area (Å²) in [4.78, 5) is 2.45. The fourth-order valence-electron chi connectivity index (χ4n) is 2.18. The molecule has 0 bridgehead atoms. The average Bonchev–Trinajstić information content (AvgIpc) is 2.48. The zero-order valence-electron chi connectivity index (χ0n) is 13.4. The molecular formula is C15H27N3O2S. The van der Waals surface area contributed by atoms with Crippen molar-refractivity contribution in [1.29, 1.82) is 0 Å². The first-order chi connectivity index (χ1) is 9.87. The molecule has 1 rings (SSSR count). The van der Waals surface area contributed by atoms with E-state index < -0.39 is 10.0 Å². The van der Waals surface area contributed by atoms with Gasteiger partial charge in [-0.25, -0.2) is 13.1 Å². The second kappa shape index (κ2) is 7.66. The smallest absolute Gasteiger partial charge is 0.240 e. The van der Waals surface area contributed by atoms with Crippen LogP contribution in [0.1, 0.15) is 40.0 Å². The molecule has 1 aromatic carbocycles. The summed E-state index contributed by atoms with van der Waals surface area (Å²) >= 11 is 0. The topological polar surface area (TPSA) is 75.4 Å². The molecule has 6 heteroatoms. The second-order valence-electron chi connectivity index (χ2n) is 5.23. The van der Waals surface area contributed by atoms with Gasteiger partial charge in [-0.2, -0.15) is 0 Å². The van der Waals surface area contributed by atoms with E-state index in [2.05, 4.69) is 30.4 Å². The van der Waals surface area contributed by atoms with E-state index >= 15 is 0 Å². The number of nitrogen functional groups attached to an aromatic ring is 1. The molecule has 0 saturated carbocycles. The van der Waals surface area contributed by atoms with Crippen LogP contribution in [-0.4, -0.2) is 28.1 Å². The Kier molecular flexibility index (Phi) is 6.48. The highest BCUT2D eigenvalue weighted by atomic mass is 32.2. The van der Waals surface area contributed by atoms with Crippen molar-refractivity contribution < 1.29 is 8.42 Å². The highest BCUT2D eigenvalue weighted by Gasteiger charge is 2.19. The minimum atomic E-state index is -3.46. The number of nitrogens with two attached hydrogens (primary N) is 1. The molecule has 21 heavy (non-hydrogen) atoms. The molecule has 0 heterocycles. The number of nitrogens with zero attached hydrogens (tertiary/aromatic N) is 1. The van der Waals surface area contributed by atoms with E-state index in [1.54, 1.807) is 18.2 Å². The van der Waals surface area contributed by atoms with E-state index in [1.807, 2.05) is 0 Å². The van der Waals surface area contributed by atoms with E-state index in [4.69, 9.17) is 5.73 Å². The maximum atomic E-state index is 12.0. The molecule has 0 saturated heterocycles. The molecule has 0 aliphatic rings. The van der Waals surface area contributed by atoms with Crippen LogP contribution in [0, 0.1) is 0 Å². The molecule has 3 N–H and O–H groups in total. The van der Waals surface area contributed by atoms with Crippen LogP contribution in [0.15, 0.2) is 23.1 Å². The van der Waals surface area contributed by atoms with Gasteiger partial charge in [0.1, 0.15) is 0 Å². The summed E-state index contributed by atoms with van der Waals surface area (Å²) < 4.78 is 26.3. The van der Waals surface area contributed by atoms with Crippen LogP contribution in [0.2, 0.25) is 0 Å². The maximum Gasteiger partial charge on any atom is 0.240 e. The molecule has 1 atom stereocenters. The third kappa shape index (κ3) is 4.35. The molecule has 0 spiro atoms. The lowest BCUT2D eigenvalue weighted by molar-refractivity contribution is 0.586. The van der Waals surface area contributed by atoms with Crippen molar-refractivity contribution in [2.45, 2.75) is 51.0 Å². The van der Waals surface area contributed by atoms with Crippen LogP contribution in [0.4, 0.5) is 11.4 Å². The van der Waals surface area contributed by atoms with Crippen molar-refractivity contribution in [3.05, 3.63) is 18.2 Å². The molecule has 0 aliphatic heterocycles. The maximum absolute atomic E-state index is 12.0. The molecule has 120 valence electrons. The molecule has 5 nitrogen and oxygen atoms in total. The van der Waals surface area contributed by atoms with Gasteiger partial charge in [0.15, 0.2) is 0 Å². The van der Waals surface area contributed by atoms with E-state index in [-0.39, 0.29) is 4.90 Å². The molecule has 1 aromatic rings. The number of rotatable bonds is 8. The fraction of sp³-hybridized carbons (Fsp3) is 0.600. The van der Waals surface area contributed by atoms with Gasteiger partial charge in [-0.1, -0.05) is 20.3 Å². The van der Waals surface area contributed by atoms with E-state index in [0.717, 1.165) is 31.5 Å². The molecule has 0 amide bonds. The van der Waals surface area contributed by atoms with Gasteiger partial charge >= 0.3 is 0 Å². The first-order valence-electron chi connectivity index (χ1n) is 7.47. The molecule has 0 radical (unpaired) electrons. The largest absolute Gasteiger partial charge is 0.397 e. The van der Waals surface area contributed by atoms with Crippen LogP contribution < -0.4 is 15.4 Å². The van der Waals surface area contributed by atoms with Gasteiger partial charge in [-0.15, -0.1) is 0 Å². The quantitative estimate of drug-likeness (QED) is 0.723. The molecule has 0 aromatic heterocycles. The average molecular weight is 313 g/mol. The molecule has 1 unspecified atom stereocenters. The number of unbranched alkanes of at least 4 members (excludes halogenated alkanes) is 1. The standard InChI is InChI=1S/C15H27N3O2S/c1-5-7-10-18(12(3)6-2)15-11-13(8-9-14(15)16)21(19,20)17-4/h8-9,11-12,17H,5-7,10,16H2,1-4H3. The first kappa shape index (κ1) is 17.8. The Labute approximate surface area is 128 Å². The summed E-state index contributed by atoms with van der Waals surface area (Å²) in [5, 5.41) is 0. The number of sulfonamides is 1. The van der Waals surface area contributed by atoms with Crippen molar-refractivity contribution in [2.24, 2.45) is 0 Å². The molecule has 0 aliphatic carbocycles. The highest BCUT2D eigenvalue weighted by Crippen LogP contribution is 2.29. The Balaban J connectivity index is 3.26. The fourth-order valence-corrected chi connectivity index (χ4v) is 2.93. The van der Waals surface area contributed by atoms with Crippen molar-refractivity contribution >= 4 is 21.4 Å². The zero-order valence-corrected chi connectivity index (χ0v) is 14.2. The Bertz CT molecular complexity index is 558. The van der Waals surface area contributed by atoms with Crippen LogP contribution in [0.5, 0.6) is 0 Å². The predicted octanol–water partition coefficient (Wildman–Crippen LogP) is 2.58. The van der Waals surface area contributed by atoms with Crippen LogP contribution >= 0.6 is 0 Å². The Morgan fingerprint density at radius 2 is 2.00 bits per heavy atom. The lowest BCUT2D eigenvalue weighted by Gasteiger charge is -2.32. The van der Waals surface area contributed by atoms with Crippen molar-refractivity contribution in [1.82, 2.24) is 4.72 Å². The monoisotopic (exact) mass is 313 g/mol. The highest BCUT2D eigenvalue weighted by molar-refractivity contribution is 7.89. The number of nitrogens with one attached hydrogen (secondary N) is 1. The summed E-state index contributed by atoms with van der Waals surface area (Å²) in [5.74, 6) is 0. The van der Waals surface area contributed by atoms with E-state index in [1.165, 1.54) is 7.05 Å². The normalized spacial score (nSPS) is 13.1. The van der Waals surface area contributed by atoms with Crippen LogP contribution in [0.25, 0.3) is 0 Å². The summed E-state index contributed by atoms with van der Waals surface area (Å²) in [6.07, 6.45) is 3.11. The predicted molar refractivity (Wildman–Crippen MR) is 89.1 cm³/mol. The van der Waals surface area contributed by atoms with Crippen molar-refractivity contribution in [3.63, 3.8) is 0 Å². The van der Waals surface area contributed by atoms with Gasteiger partial charge in [-0.3, -0.25) is 0 Å². The van der Waals surface area contributed by atoms with Crippen molar-refractivity contribution in [3.8, 4) is 0 Å². The lowest BCUT2D eigenvalue weighted by atomic mass is 10.1. The molecule has 0 fully saturated rings. The van der Waals surface area contributed by atoms with Gasteiger partial charge in [0.25, 0.3) is 0 Å². The Hall–Kier alpha value is -1.27. The third-order valence-corrected chi connectivity index (χ3v) is 5.18. The van der Waals surface area contributed by atoms with Crippen LogP contribution in [-0.2, 0) is 10.0 Å². The minimum absolute atomic E-state index is 0.249. The van der Waals surface area contributed by atoms with E-state index in [9.17, 15) is 8.42 Å². The minimum Gasteiger partial charge on any atom is -0.397 e.